The third kappa shape index (κ3) is 13.2. The largest absolute Gasteiger partial charge is 0.397 e. The van der Waals surface area contributed by atoms with Gasteiger partial charge in [0.25, 0.3) is 5.69 Å². The molecule has 8 aromatic rings. The van der Waals surface area contributed by atoms with Crippen molar-refractivity contribution in [2.75, 3.05) is 48.5 Å². The van der Waals surface area contributed by atoms with Crippen LogP contribution in [0.5, 0.6) is 0 Å². The van der Waals surface area contributed by atoms with E-state index in [-0.39, 0.29) is 37.0 Å². The Morgan fingerprint density at radius 3 is 1.74 bits per heavy atom. The number of H-pyrrole nitrogens is 1. The van der Waals surface area contributed by atoms with Gasteiger partial charge in [-0.15, -0.1) is 0 Å². The second-order valence-corrected chi connectivity index (χ2v) is 14.1. The van der Waals surface area contributed by atoms with E-state index in [1.54, 1.807) is 58.4 Å². The number of aryl methyl sites for hydroxylation is 2. The lowest BCUT2D eigenvalue weighted by molar-refractivity contribution is -0.383. The Bertz CT molecular complexity index is 2840. The molecular formula is C46H56N14O6. The predicted octanol–water partition coefficient (Wildman–Crippen LogP) is 5.14. The van der Waals surface area contributed by atoms with E-state index in [0.717, 1.165) is 50.0 Å². The molecule has 5 aromatic heterocycles. The maximum absolute atomic E-state index is 10.7. The molecule has 0 aliphatic carbocycles. The number of anilines is 5. The van der Waals surface area contributed by atoms with Crippen LogP contribution in [0.3, 0.4) is 0 Å². The number of aliphatic hydroxyl groups is 3. The quantitative estimate of drug-likeness (QED) is 0.0351. The first-order chi connectivity index (χ1) is 31.8. The van der Waals surface area contributed by atoms with Gasteiger partial charge in [0.05, 0.1) is 50.9 Å². The monoisotopic (exact) mass is 900 g/mol. The van der Waals surface area contributed by atoms with Gasteiger partial charge in [-0.25, -0.2) is 15.0 Å². The number of para-hydroxylation sites is 3. The number of nitro benzene ring substituents is 1. The minimum Gasteiger partial charge on any atom is -0.397 e. The molecule has 0 bridgehead atoms. The highest BCUT2D eigenvalue weighted by Gasteiger charge is 2.15. The zero-order valence-corrected chi connectivity index (χ0v) is 37.2. The van der Waals surface area contributed by atoms with Crippen molar-refractivity contribution in [2.45, 2.75) is 33.1 Å². The molecule has 20 heteroatoms. The SMILES string of the molecule is CC.Cn1cc(-c2cnc(N)c(-c3nc4c(CCO)cccc4[nH]3)c2)cn1.Cn1cc(-c2cnc(N)c(C=O)c2)cn1.Nc1c(CCO)cccc1[N+](=O)[O-].Nc1cccc(CCO)c1N. The number of imidazole rings is 1. The van der Waals surface area contributed by atoms with Gasteiger partial charge in [-0.3, -0.25) is 24.3 Å². The summed E-state index contributed by atoms with van der Waals surface area (Å²) in [6, 6.07) is 19.5. The van der Waals surface area contributed by atoms with Gasteiger partial charge in [-0.2, -0.15) is 10.2 Å². The standard InChI is InChI=1S/C18H18N6O.C10H10N4O.C8H10N2O3.C8H12N2O.C2H6/c1-24-10-13(9-21-24)12-7-14(17(19)20-8-12)18-22-15-4-2-3-11(5-6-25)16(15)23-18;1-14-5-9(4-13-14)7-2-8(6-15)10(11)12-3-7;9-8-6(4-5-11)2-1-3-7(8)10(12)13;9-7-3-1-2-6(4-5-11)8(7)10;1-2/h2-4,7-10,25H,5-6H2,1H3,(H2,19,20)(H,22,23);2-6H,1H3,(H2,11,12);1-3,11H,4-5,9H2;1-3,11H,4-5,9-10H2;1-2H3. The Kier molecular flexibility index (Phi) is 18.8. The zero-order chi connectivity index (χ0) is 48.3. The Labute approximate surface area is 380 Å². The number of nitrogens with one attached hydrogen (secondary N) is 1. The van der Waals surface area contributed by atoms with Crippen molar-refractivity contribution in [1.29, 1.82) is 0 Å². The summed E-state index contributed by atoms with van der Waals surface area (Å²) in [6.45, 7) is 4.13. The molecule has 0 aliphatic heterocycles. The van der Waals surface area contributed by atoms with Crippen molar-refractivity contribution in [3.63, 3.8) is 0 Å². The van der Waals surface area contributed by atoms with Crippen LogP contribution in [0.25, 0.3) is 44.7 Å². The number of hydrogen-bond acceptors (Lipinski definition) is 16. The zero-order valence-electron chi connectivity index (χ0n) is 37.2. The molecule has 0 spiro atoms. The van der Waals surface area contributed by atoms with Crippen molar-refractivity contribution in [3.8, 4) is 33.6 Å². The molecule has 0 fully saturated rings. The third-order valence-corrected chi connectivity index (χ3v) is 9.67. The van der Waals surface area contributed by atoms with Gasteiger partial charge in [-0.05, 0) is 60.2 Å². The van der Waals surface area contributed by atoms with E-state index in [1.807, 2.05) is 76.7 Å². The fraction of sp³-hybridized carbons (Fsp3) is 0.217. The summed E-state index contributed by atoms with van der Waals surface area (Å²) in [5.74, 6) is 1.32. The maximum atomic E-state index is 10.7. The Morgan fingerprint density at radius 1 is 0.682 bits per heavy atom. The Morgan fingerprint density at radius 2 is 1.20 bits per heavy atom. The fourth-order valence-corrected chi connectivity index (χ4v) is 6.32. The predicted molar refractivity (Wildman–Crippen MR) is 259 cm³/mol. The molecule has 14 N–H and O–H groups in total. The van der Waals surface area contributed by atoms with Gasteiger partial charge in [0.1, 0.15) is 23.1 Å². The second kappa shape index (κ2) is 24.6. The highest BCUT2D eigenvalue weighted by atomic mass is 16.6. The number of nitro groups is 1. The summed E-state index contributed by atoms with van der Waals surface area (Å²) in [7, 11) is 3.70. The second-order valence-electron chi connectivity index (χ2n) is 14.1. The molecule has 0 amide bonds. The first-order valence-corrected chi connectivity index (χ1v) is 20.7. The number of nitrogens with two attached hydrogens (primary N) is 5. The van der Waals surface area contributed by atoms with Crippen LogP contribution in [0.4, 0.5) is 34.4 Å². The van der Waals surface area contributed by atoms with Crippen LogP contribution in [0.15, 0.2) is 104 Å². The molecule has 8 rings (SSSR count). The van der Waals surface area contributed by atoms with Crippen molar-refractivity contribution in [3.05, 3.63) is 136 Å². The Hall–Kier alpha value is -8.20. The third-order valence-electron chi connectivity index (χ3n) is 9.67. The molecular weight excluding hydrogens is 845 g/mol. The minimum atomic E-state index is -0.532. The van der Waals surface area contributed by atoms with Crippen LogP contribution in [-0.4, -0.2) is 85.8 Å². The van der Waals surface area contributed by atoms with E-state index in [4.69, 9.17) is 43.9 Å². The Balaban J connectivity index is 0.000000201. The lowest BCUT2D eigenvalue weighted by Crippen LogP contribution is -2.01. The normalized spacial score (nSPS) is 10.3. The number of fused-ring (bicyclic) bond motifs is 1. The molecule has 66 heavy (non-hydrogen) atoms. The van der Waals surface area contributed by atoms with Crippen LogP contribution >= 0.6 is 0 Å². The number of carbonyl (C=O) groups is 1. The molecule has 346 valence electrons. The van der Waals surface area contributed by atoms with Crippen LogP contribution in [-0.2, 0) is 33.4 Å². The summed E-state index contributed by atoms with van der Waals surface area (Å²) in [4.78, 5) is 36.8. The molecule has 0 saturated heterocycles. The number of hydrogen-bond donors (Lipinski definition) is 9. The molecule has 20 nitrogen and oxygen atoms in total. The summed E-state index contributed by atoms with van der Waals surface area (Å²) in [5, 5.41) is 45.2. The average molecular weight is 901 g/mol. The van der Waals surface area contributed by atoms with Gasteiger partial charge in [-0.1, -0.05) is 50.2 Å². The van der Waals surface area contributed by atoms with Gasteiger partial charge in [0, 0.05) is 87.0 Å². The number of aromatic amines is 1. The van der Waals surface area contributed by atoms with E-state index < -0.39 is 4.92 Å². The van der Waals surface area contributed by atoms with Crippen LogP contribution < -0.4 is 28.7 Å². The van der Waals surface area contributed by atoms with Gasteiger partial charge in [0.2, 0.25) is 0 Å². The summed E-state index contributed by atoms with van der Waals surface area (Å²) >= 11 is 0. The summed E-state index contributed by atoms with van der Waals surface area (Å²) in [5.41, 5.74) is 38.6. The number of nitrogen functional groups attached to an aromatic ring is 5. The first-order valence-electron chi connectivity index (χ1n) is 20.7. The molecule has 5 heterocycles. The summed E-state index contributed by atoms with van der Waals surface area (Å²) < 4.78 is 3.43. The van der Waals surface area contributed by atoms with E-state index in [9.17, 15) is 20.0 Å². The van der Waals surface area contributed by atoms with Gasteiger partial charge < -0.3 is 49.0 Å². The van der Waals surface area contributed by atoms with Crippen LogP contribution in [0.1, 0.15) is 40.9 Å². The molecule has 0 unspecified atom stereocenters. The fourth-order valence-electron chi connectivity index (χ4n) is 6.32. The number of pyridine rings is 2. The van der Waals surface area contributed by atoms with E-state index >= 15 is 0 Å². The topological polar surface area (TPSA) is 341 Å². The number of benzene rings is 3. The first kappa shape index (κ1) is 50.4. The number of aromatic nitrogens is 8. The average Bonchev–Trinajstić information content (AvgIpc) is 4.08. The minimum absolute atomic E-state index is 0.0641. The lowest BCUT2D eigenvalue weighted by atomic mass is 10.1. The molecule has 0 radical (unpaired) electrons. The van der Waals surface area contributed by atoms with Crippen molar-refractivity contribution in [2.24, 2.45) is 14.1 Å². The maximum Gasteiger partial charge on any atom is 0.292 e. The van der Waals surface area contributed by atoms with E-state index in [0.29, 0.717) is 59.7 Å². The van der Waals surface area contributed by atoms with E-state index in [1.165, 1.54) is 6.07 Å². The number of carbonyl (C=O) groups excluding carboxylic acids is 1. The smallest absolute Gasteiger partial charge is 0.292 e. The number of aliphatic hydroxyl groups excluding tert-OH is 3. The highest BCUT2D eigenvalue weighted by Crippen LogP contribution is 2.30. The van der Waals surface area contributed by atoms with Crippen molar-refractivity contribution < 1.29 is 25.0 Å². The molecule has 3 aromatic carbocycles. The van der Waals surface area contributed by atoms with Crippen LogP contribution in [0, 0.1) is 10.1 Å². The highest BCUT2D eigenvalue weighted by molar-refractivity contribution is 5.86. The number of aldehydes is 1. The van der Waals surface area contributed by atoms with Gasteiger partial charge in [0.15, 0.2) is 6.29 Å². The lowest BCUT2D eigenvalue weighted by Gasteiger charge is -2.05. The summed E-state index contributed by atoms with van der Waals surface area (Å²) in [6.07, 6.45) is 12.8. The van der Waals surface area contributed by atoms with Crippen molar-refractivity contribution >= 4 is 51.7 Å². The van der Waals surface area contributed by atoms with Crippen molar-refractivity contribution in [1.82, 2.24) is 39.5 Å². The number of nitrogens with zero attached hydrogens (tertiary/aromatic N) is 8. The number of rotatable bonds is 11. The van der Waals surface area contributed by atoms with Gasteiger partial charge >= 0.3 is 0 Å². The molecule has 0 saturated carbocycles. The van der Waals surface area contributed by atoms with E-state index in [2.05, 4.69) is 25.1 Å². The van der Waals surface area contributed by atoms with Crippen LogP contribution in [0.2, 0.25) is 0 Å². The molecule has 0 atom stereocenters. The molecule has 0 aliphatic rings.